The quantitative estimate of drug-likeness (QED) is 0.376. The molecule has 1 N–H and O–H groups in total. The molecule has 2 aromatic rings. The van der Waals surface area contributed by atoms with Crippen LogP contribution in [-0.2, 0) is 21.4 Å². The number of hydrogen-bond acceptors (Lipinski definition) is 5. The van der Waals surface area contributed by atoms with Crippen molar-refractivity contribution < 1.29 is 17.9 Å². The van der Waals surface area contributed by atoms with Gasteiger partial charge >= 0.3 is 0 Å². The predicted molar refractivity (Wildman–Crippen MR) is 153 cm³/mol. The number of rotatable bonds is 11. The van der Waals surface area contributed by atoms with Crippen molar-refractivity contribution in [3.8, 4) is 11.5 Å². The van der Waals surface area contributed by atoms with E-state index in [2.05, 4.69) is 33.6 Å². The van der Waals surface area contributed by atoms with Crippen molar-refractivity contribution in [2.75, 3.05) is 30.6 Å². The SMILES string of the molecule is CCCN(C(=O)CC1CCCCC1)C1CCN(Cc2ccc(Oc3ccc(NS(C)(=O)=O)cc3)cc2)CC1. The van der Waals surface area contributed by atoms with Crippen LogP contribution in [0.15, 0.2) is 48.5 Å². The Bertz CT molecular complexity index is 1120. The van der Waals surface area contributed by atoms with Crippen LogP contribution in [0.5, 0.6) is 11.5 Å². The average molecular weight is 542 g/mol. The maximum atomic E-state index is 13.2. The van der Waals surface area contributed by atoms with E-state index in [1.807, 2.05) is 12.1 Å². The number of carbonyl (C=O) groups is 1. The third-order valence-corrected chi connectivity index (χ3v) is 8.30. The number of benzene rings is 2. The number of nitrogens with zero attached hydrogens (tertiary/aromatic N) is 2. The lowest BCUT2D eigenvalue weighted by Gasteiger charge is -2.39. The molecule has 0 unspecified atom stereocenters. The summed E-state index contributed by atoms with van der Waals surface area (Å²) in [7, 11) is -3.30. The first-order chi connectivity index (χ1) is 18.3. The molecule has 0 aromatic heterocycles. The molecule has 1 aliphatic heterocycles. The second kappa shape index (κ2) is 13.5. The smallest absolute Gasteiger partial charge is 0.229 e. The van der Waals surface area contributed by atoms with Crippen molar-refractivity contribution in [2.45, 2.75) is 77.3 Å². The highest BCUT2D eigenvalue weighted by Gasteiger charge is 2.29. The van der Waals surface area contributed by atoms with E-state index in [4.69, 9.17) is 4.74 Å². The zero-order valence-electron chi connectivity index (χ0n) is 22.9. The fourth-order valence-electron chi connectivity index (χ4n) is 5.76. The maximum Gasteiger partial charge on any atom is 0.229 e. The maximum absolute atomic E-state index is 13.2. The summed E-state index contributed by atoms with van der Waals surface area (Å²) in [5.74, 6) is 2.37. The molecule has 8 heteroatoms. The van der Waals surface area contributed by atoms with Gasteiger partial charge < -0.3 is 9.64 Å². The third-order valence-electron chi connectivity index (χ3n) is 7.69. The summed E-state index contributed by atoms with van der Waals surface area (Å²) in [6, 6.07) is 15.3. The lowest BCUT2D eigenvalue weighted by Crippen LogP contribution is -2.47. The van der Waals surface area contributed by atoms with Gasteiger partial charge in [-0.15, -0.1) is 0 Å². The number of likely N-dealkylation sites (tertiary alicyclic amines) is 1. The standard InChI is InChI=1S/C30H43N3O4S/c1-3-19-33(30(34)22-24-7-5-4-6-8-24)27-17-20-32(21-18-27)23-25-9-13-28(14-10-25)37-29-15-11-26(12-16-29)31-38(2,35)36/h9-16,24,27,31H,3-8,17-23H2,1-2H3. The number of ether oxygens (including phenoxy) is 1. The van der Waals surface area contributed by atoms with Gasteiger partial charge in [-0.1, -0.05) is 38.3 Å². The fraction of sp³-hybridized carbons (Fsp3) is 0.567. The monoisotopic (exact) mass is 541 g/mol. The van der Waals surface area contributed by atoms with Gasteiger partial charge in [-0.2, -0.15) is 0 Å². The third kappa shape index (κ3) is 8.73. The molecule has 1 saturated heterocycles. The number of piperidine rings is 1. The van der Waals surface area contributed by atoms with Crippen molar-refractivity contribution in [2.24, 2.45) is 5.92 Å². The van der Waals surface area contributed by atoms with E-state index in [1.165, 1.54) is 37.7 Å². The topological polar surface area (TPSA) is 79.0 Å². The normalized spacial score (nSPS) is 17.7. The van der Waals surface area contributed by atoms with Gasteiger partial charge in [0.1, 0.15) is 11.5 Å². The van der Waals surface area contributed by atoms with Crippen LogP contribution in [0, 0.1) is 5.92 Å². The van der Waals surface area contributed by atoms with Gasteiger partial charge in [-0.25, -0.2) is 8.42 Å². The van der Waals surface area contributed by atoms with Crippen LogP contribution in [0.25, 0.3) is 0 Å². The highest BCUT2D eigenvalue weighted by atomic mass is 32.2. The van der Waals surface area contributed by atoms with E-state index in [-0.39, 0.29) is 0 Å². The molecule has 2 fully saturated rings. The molecular formula is C30H43N3O4S. The van der Waals surface area contributed by atoms with E-state index >= 15 is 0 Å². The van der Waals surface area contributed by atoms with Crippen molar-refractivity contribution in [1.29, 1.82) is 0 Å². The number of carbonyl (C=O) groups excluding carboxylic acids is 1. The van der Waals surface area contributed by atoms with E-state index in [9.17, 15) is 13.2 Å². The summed E-state index contributed by atoms with van der Waals surface area (Å²) >= 11 is 0. The molecule has 7 nitrogen and oxygen atoms in total. The molecule has 1 amide bonds. The van der Waals surface area contributed by atoms with Crippen LogP contribution in [0.2, 0.25) is 0 Å². The molecular weight excluding hydrogens is 498 g/mol. The average Bonchev–Trinajstić information content (AvgIpc) is 2.90. The van der Waals surface area contributed by atoms with Crippen LogP contribution in [-0.4, -0.2) is 56.1 Å². The Morgan fingerprint density at radius 3 is 2.13 bits per heavy atom. The summed E-state index contributed by atoms with van der Waals surface area (Å²) < 4.78 is 31.1. The van der Waals surface area contributed by atoms with Crippen molar-refractivity contribution in [1.82, 2.24) is 9.80 Å². The lowest BCUT2D eigenvalue weighted by atomic mass is 9.86. The molecule has 208 valence electrons. The molecule has 38 heavy (non-hydrogen) atoms. The highest BCUT2D eigenvalue weighted by Crippen LogP contribution is 2.29. The Morgan fingerprint density at radius 1 is 0.947 bits per heavy atom. The van der Waals surface area contributed by atoms with Crippen LogP contribution >= 0.6 is 0 Å². The molecule has 4 rings (SSSR count). The Hall–Kier alpha value is -2.58. The van der Waals surface area contributed by atoms with Gasteiger partial charge in [-0.05, 0) is 80.0 Å². The molecule has 0 radical (unpaired) electrons. The minimum atomic E-state index is -3.30. The minimum absolute atomic E-state index is 0.372. The molecule has 2 aromatic carbocycles. The number of hydrogen-bond donors (Lipinski definition) is 1. The predicted octanol–water partition coefficient (Wildman–Crippen LogP) is 6.02. The Kier molecular flexibility index (Phi) is 10.1. The van der Waals surface area contributed by atoms with Crippen molar-refractivity contribution in [3.63, 3.8) is 0 Å². The molecule has 1 aliphatic carbocycles. The lowest BCUT2D eigenvalue weighted by molar-refractivity contribution is -0.135. The first-order valence-electron chi connectivity index (χ1n) is 14.2. The van der Waals surface area contributed by atoms with Crippen LogP contribution < -0.4 is 9.46 Å². The zero-order chi connectivity index (χ0) is 27.0. The van der Waals surface area contributed by atoms with Crippen LogP contribution in [0.3, 0.4) is 0 Å². The van der Waals surface area contributed by atoms with E-state index in [0.29, 0.717) is 29.3 Å². The molecule has 1 saturated carbocycles. The van der Waals surface area contributed by atoms with Gasteiger partial charge in [-0.3, -0.25) is 14.4 Å². The van der Waals surface area contributed by atoms with E-state index in [0.717, 1.165) is 63.9 Å². The van der Waals surface area contributed by atoms with Crippen molar-refractivity contribution in [3.05, 3.63) is 54.1 Å². The number of nitrogens with one attached hydrogen (secondary N) is 1. The van der Waals surface area contributed by atoms with E-state index < -0.39 is 10.0 Å². The second-order valence-corrected chi connectivity index (χ2v) is 12.7. The molecule has 0 spiro atoms. The summed E-state index contributed by atoms with van der Waals surface area (Å²) in [5.41, 5.74) is 1.74. The number of anilines is 1. The van der Waals surface area contributed by atoms with Gasteiger partial charge in [0.15, 0.2) is 0 Å². The fourth-order valence-corrected chi connectivity index (χ4v) is 6.32. The van der Waals surface area contributed by atoms with Crippen LogP contribution in [0.4, 0.5) is 5.69 Å². The summed E-state index contributed by atoms with van der Waals surface area (Å²) in [4.78, 5) is 17.9. The summed E-state index contributed by atoms with van der Waals surface area (Å²) in [6.07, 6.45) is 11.3. The molecule has 0 bridgehead atoms. The molecule has 1 heterocycles. The Morgan fingerprint density at radius 2 is 1.55 bits per heavy atom. The van der Waals surface area contributed by atoms with Gasteiger partial charge in [0, 0.05) is 44.3 Å². The highest BCUT2D eigenvalue weighted by molar-refractivity contribution is 7.92. The summed E-state index contributed by atoms with van der Waals surface area (Å²) in [5, 5.41) is 0. The minimum Gasteiger partial charge on any atom is -0.457 e. The first kappa shape index (κ1) is 28.4. The Labute approximate surface area is 228 Å². The molecule has 2 aliphatic rings. The first-order valence-corrected chi connectivity index (χ1v) is 16.0. The van der Waals surface area contributed by atoms with Gasteiger partial charge in [0.25, 0.3) is 0 Å². The number of amides is 1. The summed E-state index contributed by atoms with van der Waals surface area (Å²) in [6.45, 7) is 5.97. The van der Waals surface area contributed by atoms with Crippen LogP contribution in [0.1, 0.15) is 70.3 Å². The Balaban J connectivity index is 1.24. The number of sulfonamides is 1. The van der Waals surface area contributed by atoms with Gasteiger partial charge in [0.05, 0.1) is 6.26 Å². The largest absolute Gasteiger partial charge is 0.457 e. The van der Waals surface area contributed by atoms with E-state index in [1.54, 1.807) is 24.3 Å². The van der Waals surface area contributed by atoms with Crippen molar-refractivity contribution >= 4 is 21.6 Å². The zero-order valence-corrected chi connectivity index (χ0v) is 23.7. The van der Waals surface area contributed by atoms with Gasteiger partial charge in [0.2, 0.25) is 15.9 Å². The second-order valence-electron chi connectivity index (χ2n) is 10.9. The molecule has 0 atom stereocenters.